The maximum Gasteiger partial charge on any atom is 0.196 e. The molecule has 3 N–H and O–H groups in total. The highest BCUT2D eigenvalue weighted by Crippen LogP contribution is 2.46. The molecule has 3 rings (SSSR count). The summed E-state index contributed by atoms with van der Waals surface area (Å²) in [7, 11) is 0. The van der Waals surface area contributed by atoms with Crippen LogP contribution in [0.5, 0.6) is 11.5 Å². The molecule has 1 aliphatic heterocycles. The van der Waals surface area contributed by atoms with E-state index < -0.39 is 23.7 Å². The minimum absolute atomic E-state index is 0.111. The third kappa shape index (κ3) is 3.19. The van der Waals surface area contributed by atoms with Crippen LogP contribution in [0.2, 0.25) is 0 Å². The van der Waals surface area contributed by atoms with E-state index in [1.54, 1.807) is 13.8 Å². The summed E-state index contributed by atoms with van der Waals surface area (Å²) in [5, 5.41) is 30.5. The zero-order valence-electron chi connectivity index (χ0n) is 15.6. The van der Waals surface area contributed by atoms with Gasteiger partial charge in [-0.3, -0.25) is 4.79 Å². The van der Waals surface area contributed by atoms with Gasteiger partial charge in [-0.05, 0) is 32.6 Å². The summed E-state index contributed by atoms with van der Waals surface area (Å²) in [4.78, 5) is 12.5. The molecule has 0 bridgehead atoms. The minimum Gasteiger partial charge on any atom is -0.507 e. The standard InChI is InChI=1S/C20H26O6/c1-10(2)5-6-12-18-13(8-15(26-18)20(3,4)24)17(23)16-14(22)7-11(9-21)25-19(12)16/h7,10,15,21,23-24H,5-6,8-9H2,1-4H3. The monoisotopic (exact) mass is 362 g/mol. The molecule has 0 aliphatic carbocycles. The quantitative estimate of drug-likeness (QED) is 0.756. The summed E-state index contributed by atoms with van der Waals surface area (Å²) < 4.78 is 11.7. The van der Waals surface area contributed by atoms with E-state index in [1.807, 2.05) is 0 Å². The van der Waals surface area contributed by atoms with E-state index in [0.717, 1.165) is 6.42 Å². The molecule has 1 aromatic carbocycles. The van der Waals surface area contributed by atoms with Crippen LogP contribution in [0.1, 0.15) is 51.0 Å². The van der Waals surface area contributed by atoms with E-state index in [0.29, 0.717) is 35.6 Å². The van der Waals surface area contributed by atoms with Gasteiger partial charge in [-0.2, -0.15) is 0 Å². The van der Waals surface area contributed by atoms with Crippen LogP contribution < -0.4 is 10.2 Å². The highest BCUT2D eigenvalue weighted by molar-refractivity contribution is 5.90. The Balaban J connectivity index is 2.28. The molecule has 6 nitrogen and oxygen atoms in total. The number of phenolic OH excluding ortho intramolecular Hbond substituents is 1. The van der Waals surface area contributed by atoms with E-state index in [9.17, 15) is 20.1 Å². The normalized spacial score (nSPS) is 17.0. The summed E-state index contributed by atoms with van der Waals surface area (Å²) in [6, 6.07) is 1.20. The van der Waals surface area contributed by atoms with Gasteiger partial charge in [-0.25, -0.2) is 0 Å². The molecule has 0 amide bonds. The topological polar surface area (TPSA) is 100 Å². The molecule has 0 radical (unpaired) electrons. The molecule has 0 saturated heterocycles. The average Bonchev–Trinajstić information content (AvgIpc) is 2.99. The fourth-order valence-electron chi connectivity index (χ4n) is 3.36. The SMILES string of the molecule is CC(C)CCc1c2c(c(O)c3c(=O)cc(CO)oc13)CC(C(C)(C)O)O2. The minimum atomic E-state index is -1.10. The second-order valence-corrected chi connectivity index (χ2v) is 7.97. The maximum absolute atomic E-state index is 12.5. The van der Waals surface area contributed by atoms with Gasteiger partial charge in [-0.1, -0.05) is 13.8 Å². The van der Waals surface area contributed by atoms with Crippen LogP contribution in [0, 0.1) is 5.92 Å². The van der Waals surface area contributed by atoms with Crippen molar-refractivity contribution in [1.29, 1.82) is 0 Å². The molecule has 0 spiro atoms. The smallest absolute Gasteiger partial charge is 0.196 e. The lowest BCUT2D eigenvalue weighted by Crippen LogP contribution is -2.39. The number of aliphatic hydroxyl groups excluding tert-OH is 1. The van der Waals surface area contributed by atoms with Crippen LogP contribution >= 0.6 is 0 Å². The van der Waals surface area contributed by atoms with Crippen molar-refractivity contribution in [2.45, 2.75) is 65.3 Å². The summed E-state index contributed by atoms with van der Waals surface area (Å²) in [5.74, 6) is 0.896. The van der Waals surface area contributed by atoms with Gasteiger partial charge in [0.2, 0.25) is 0 Å². The average molecular weight is 362 g/mol. The summed E-state index contributed by atoms with van der Waals surface area (Å²) >= 11 is 0. The lowest BCUT2D eigenvalue weighted by atomic mass is 9.93. The number of phenols is 1. The Bertz CT molecular complexity index is 888. The Morgan fingerprint density at radius 1 is 1.35 bits per heavy atom. The molecule has 142 valence electrons. The number of fused-ring (bicyclic) bond motifs is 2. The molecule has 0 saturated carbocycles. The molecule has 0 fully saturated rings. The van der Waals surface area contributed by atoms with Gasteiger partial charge in [0.15, 0.2) is 5.43 Å². The van der Waals surface area contributed by atoms with Gasteiger partial charge in [0, 0.05) is 23.6 Å². The number of aryl methyl sites for hydroxylation is 1. The van der Waals surface area contributed by atoms with Gasteiger partial charge in [0.25, 0.3) is 0 Å². The van der Waals surface area contributed by atoms with E-state index in [4.69, 9.17) is 9.15 Å². The van der Waals surface area contributed by atoms with Crippen molar-refractivity contribution in [2.24, 2.45) is 5.92 Å². The molecular weight excluding hydrogens is 336 g/mol. The fraction of sp³-hybridized carbons (Fsp3) is 0.550. The second kappa shape index (κ2) is 6.59. The first-order valence-electron chi connectivity index (χ1n) is 8.96. The van der Waals surface area contributed by atoms with Crippen LogP contribution in [-0.2, 0) is 19.4 Å². The largest absolute Gasteiger partial charge is 0.507 e. The van der Waals surface area contributed by atoms with E-state index in [1.165, 1.54) is 6.07 Å². The molecule has 26 heavy (non-hydrogen) atoms. The van der Waals surface area contributed by atoms with Crippen LogP contribution in [0.4, 0.5) is 0 Å². The van der Waals surface area contributed by atoms with Gasteiger partial charge in [0.1, 0.15) is 40.9 Å². The molecular formula is C20H26O6. The van der Waals surface area contributed by atoms with Crippen LogP contribution in [-0.4, -0.2) is 27.0 Å². The van der Waals surface area contributed by atoms with Crippen LogP contribution in [0.3, 0.4) is 0 Å². The molecule has 1 unspecified atom stereocenters. The van der Waals surface area contributed by atoms with Crippen molar-refractivity contribution >= 4 is 11.0 Å². The first-order chi connectivity index (χ1) is 12.1. The zero-order chi connectivity index (χ0) is 19.2. The highest BCUT2D eigenvalue weighted by atomic mass is 16.5. The van der Waals surface area contributed by atoms with Crippen molar-refractivity contribution in [3.63, 3.8) is 0 Å². The molecule has 6 heteroatoms. The molecule has 2 heterocycles. The maximum atomic E-state index is 12.5. The third-order valence-corrected chi connectivity index (χ3v) is 4.91. The molecule has 1 aliphatic rings. The summed E-state index contributed by atoms with van der Waals surface area (Å²) in [6.07, 6.45) is 1.24. The Morgan fingerprint density at radius 3 is 2.62 bits per heavy atom. The molecule has 1 aromatic heterocycles. The second-order valence-electron chi connectivity index (χ2n) is 7.97. The predicted molar refractivity (Wildman–Crippen MR) is 97.6 cm³/mol. The lowest BCUT2D eigenvalue weighted by molar-refractivity contribution is -0.0232. The number of aromatic hydroxyl groups is 1. The van der Waals surface area contributed by atoms with Gasteiger partial charge in [0.05, 0.1) is 5.60 Å². The van der Waals surface area contributed by atoms with Gasteiger partial charge < -0.3 is 24.5 Å². The van der Waals surface area contributed by atoms with E-state index >= 15 is 0 Å². The third-order valence-electron chi connectivity index (χ3n) is 4.91. The van der Waals surface area contributed by atoms with Crippen molar-refractivity contribution in [3.8, 4) is 11.5 Å². The number of aliphatic hydroxyl groups is 2. The number of benzene rings is 1. The van der Waals surface area contributed by atoms with Crippen molar-refractivity contribution < 1.29 is 24.5 Å². The molecule has 1 atom stereocenters. The summed E-state index contributed by atoms with van der Waals surface area (Å²) in [6.45, 7) is 7.10. The number of hydrogen-bond acceptors (Lipinski definition) is 6. The van der Waals surface area contributed by atoms with Gasteiger partial charge in [-0.15, -0.1) is 0 Å². The number of ether oxygens (including phenoxy) is 1. The van der Waals surface area contributed by atoms with Crippen LogP contribution in [0.25, 0.3) is 11.0 Å². The molecule has 2 aromatic rings. The van der Waals surface area contributed by atoms with E-state index in [2.05, 4.69) is 13.8 Å². The van der Waals surface area contributed by atoms with Crippen molar-refractivity contribution in [2.75, 3.05) is 0 Å². The Morgan fingerprint density at radius 2 is 2.04 bits per heavy atom. The first-order valence-corrected chi connectivity index (χ1v) is 8.96. The highest BCUT2D eigenvalue weighted by Gasteiger charge is 2.39. The Kier molecular flexibility index (Phi) is 4.75. The van der Waals surface area contributed by atoms with Crippen molar-refractivity contribution in [1.82, 2.24) is 0 Å². The fourth-order valence-corrected chi connectivity index (χ4v) is 3.36. The number of hydrogen-bond donors (Lipinski definition) is 3. The van der Waals surface area contributed by atoms with Crippen molar-refractivity contribution in [3.05, 3.63) is 33.2 Å². The van der Waals surface area contributed by atoms with E-state index in [-0.39, 0.29) is 22.5 Å². The lowest BCUT2D eigenvalue weighted by Gasteiger charge is -2.25. The Labute approximate surface area is 152 Å². The van der Waals surface area contributed by atoms with Crippen LogP contribution in [0.15, 0.2) is 15.3 Å². The first kappa shape index (κ1) is 18.7. The summed E-state index contributed by atoms with van der Waals surface area (Å²) in [5.41, 5.74) is 0.0109. The predicted octanol–water partition coefficient (Wildman–Crippen LogP) is 2.65. The van der Waals surface area contributed by atoms with Gasteiger partial charge >= 0.3 is 0 Å². The number of rotatable bonds is 5. The Hall–Kier alpha value is -2.05. The zero-order valence-corrected chi connectivity index (χ0v) is 15.6.